The van der Waals surface area contributed by atoms with Crippen LogP contribution in [0.1, 0.15) is 35.3 Å². The van der Waals surface area contributed by atoms with E-state index in [0.717, 1.165) is 22.6 Å². The van der Waals surface area contributed by atoms with Gasteiger partial charge in [0.25, 0.3) is 0 Å². The van der Waals surface area contributed by atoms with Gasteiger partial charge in [-0.05, 0) is 50.6 Å². The lowest BCUT2D eigenvalue weighted by atomic mass is 10.1. The Morgan fingerprint density at radius 1 is 1.05 bits per heavy atom. The minimum Gasteiger partial charge on any atom is -0.493 e. The van der Waals surface area contributed by atoms with E-state index in [9.17, 15) is 4.79 Å². The van der Waals surface area contributed by atoms with Gasteiger partial charge in [0.2, 0.25) is 0 Å². The molecule has 0 N–H and O–H groups in total. The number of ketones is 1. The Kier molecular flexibility index (Phi) is 4.99. The van der Waals surface area contributed by atoms with E-state index in [1.54, 1.807) is 13.0 Å². The Morgan fingerprint density at radius 3 is 2.48 bits per heavy atom. The van der Waals surface area contributed by atoms with Gasteiger partial charge < -0.3 is 9.47 Å². The van der Waals surface area contributed by atoms with Crippen LogP contribution >= 0.6 is 0 Å². The molecule has 0 aromatic heterocycles. The lowest BCUT2D eigenvalue weighted by Crippen LogP contribution is -2.04. The predicted octanol–water partition coefficient (Wildman–Crippen LogP) is 4.18. The molecule has 0 spiro atoms. The van der Waals surface area contributed by atoms with Gasteiger partial charge in [-0.25, -0.2) is 0 Å². The van der Waals surface area contributed by atoms with Gasteiger partial charge in [-0.2, -0.15) is 0 Å². The number of para-hydroxylation sites is 1. The molecule has 0 aliphatic heterocycles. The Labute approximate surface area is 125 Å². The number of carbonyl (C=O) groups is 1. The van der Waals surface area contributed by atoms with Crippen LogP contribution in [0, 0.1) is 6.92 Å². The van der Waals surface area contributed by atoms with Crippen LogP contribution in [0.25, 0.3) is 0 Å². The first-order chi connectivity index (χ1) is 10.1. The van der Waals surface area contributed by atoms with Gasteiger partial charge in [-0.3, -0.25) is 4.79 Å². The normalized spacial score (nSPS) is 10.2. The van der Waals surface area contributed by atoms with Crippen molar-refractivity contribution in [2.24, 2.45) is 0 Å². The number of benzene rings is 2. The molecule has 0 saturated heterocycles. The maximum Gasteiger partial charge on any atom is 0.159 e. The Bertz CT molecular complexity index is 632. The number of Topliss-reactive ketones (excluding diaryl/α,β-unsaturated/α-hetero) is 1. The van der Waals surface area contributed by atoms with Crippen molar-refractivity contribution in [3.8, 4) is 11.5 Å². The monoisotopic (exact) mass is 284 g/mol. The lowest BCUT2D eigenvalue weighted by molar-refractivity contribution is 0.101. The largest absolute Gasteiger partial charge is 0.493 e. The molecule has 0 fully saturated rings. The molecule has 3 nitrogen and oxygen atoms in total. The number of hydrogen-bond acceptors (Lipinski definition) is 3. The van der Waals surface area contributed by atoms with Crippen LogP contribution in [0.5, 0.6) is 11.5 Å². The molecule has 0 aliphatic carbocycles. The van der Waals surface area contributed by atoms with Crippen LogP contribution < -0.4 is 9.47 Å². The number of hydrogen-bond donors (Lipinski definition) is 0. The first-order valence-corrected chi connectivity index (χ1v) is 7.07. The van der Waals surface area contributed by atoms with E-state index < -0.39 is 0 Å². The van der Waals surface area contributed by atoms with Gasteiger partial charge in [-0.15, -0.1) is 0 Å². The highest BCUT2D eigenvalue weighted by Crippen LogP contribution is 2.24. The summed E-state index contributed by atoms with van der Waals surface area (Å²) in [4.78, 5) is 11.5. The predicted molar refractivity (Wildman–Crippen MR) is 83.1 cm³/mol. The van der Waals surface area contributed by atoms with Crippen molar-refractivity contribution in [2.75, 3.05) is 6.61 Å². The zero-order valence-corrected chi connectivity index (χ0v) is 12.7. The summed E-state index contributed by atoms with van der Waals surface area (Å²) in [5.41, 5.74) is 2.63. The highest BCUT2D eigenvalue weighted by atomic mass is 16.5. The summed E-state index contributed by atoms with van der Waals surface area (Å²) >= 11 is 0. The van der Waals surface area contributed by atoms with E-state index in [1.807, 2.05) is 50.2 Å². The molecule has 0 aliphatic rings. The SMILES string of the molecule is CCOc1ccc(C(C)=O)cc1COc1ccccc1C. The lowest BCUT2D eigenvalue weighted by Gasteiger charge is -2.13. The van der Waals surface area contributed by atoms with Crippen LogP contribution in [0.4, 0.5) is 0 Å². The van der Waals surface area contributed by atoms with Gasteiger partial charge in [0.05, 0.1) is 6.61 Å². The van der Waals surface area contributed by atoms with E-state index in [4.69, 9.17) is 9.47 Å². The zero-order chi connectivity index (χ0) is 15.2. The average Bonchev–Trinajstić information content (AvgIpc) is 2.47. The van der Waals surface area contributed by atoms with Crippen molar-refractivity contribution in [1.29, 1.82) is 0 Å². The zero-order valence-electron chi connectivity index (χ0n) is 12.7. The first kappa shape index (κ1) is 15.1. The van der Waals surface area contributed by atoms with Gasteiger partial charge in [0, 0.05) is 11.1 Å². The second-order valence-corrected chi connectivity index (χ2v) is 4.87. The number of ether oxygens (including phenoxy) is 2. The molecule has 110 valence electrons. The molecule has 2 rings (SSSR count). The smallest absolute Gasteiger partial charge is 0.159 e. The van der Waals surface area contributed by atoms with E-state index in [2.05, 4.69) is 0 Å². The highest BCUT2D eigenvalue weighted by Gasteiger charge is 2.09. The third kappa shape index (κ3) is 3.85. The third-order valence-electron chi connectivity index (χ3n) is 3.24. The Morgan fingerprint density at radius 2 is 1.81 bits per heavy atom. The topological polar surface area (TPSA) is 35.5 Å². The molecule has 0 atom stereocenters. The maximum atomic E-state index is 11.5. The average molecular weight is 284 g/mol. The summed E-state index contributed by atoms with van der Waals surface area (Å²) in [6, 6.07) is 13.3. The second kappa shape index (κ2) is 6.93. The van der Waals surface area contributed by atoms with Crippen LogP contribution in [0.15, 0.2) is 42.5 Å². The van der Waals surface area contributed by atoms with Crippen LogP contribution in [-0.4, -0.2) is 12.4 Å². The van der Waals surface area contributed by atoms with Crippen LogP contribution in [0.3, 0.4) is 0 Å². The fraction of sp³-hybridized carbons (Fsp3) is 0.278. The molecule has 2 aromatic carbocycles. The summed E-state index contributed by atoms with van der Waals surface area (Å²) < 4.78 is 11.5. The molecule has 0 radical (unpaired) electrons. The van der Waals surface area contributed by atoms with Crippen LogP contribution in [0.2, 0.25) is 0 Å². The quantitative estimate of drug-likeness (QED) is 0.747. The highest BCUT2D eigenvalue weighted by molar-refractivity contribution is 5.94. The van der Waals surface area contributed by atoms with Crippen molar-refractivity contribution >= 4 is 5.78 Å². The molecule has 3 heteroatoms. The van der Waals surface area contributed by atoms with Gasteiger partial charge in [-0.1, -0.05) is 18.2 Å². The van der Waals surface area contributed by atoms with E-state index in [-0.39, 0.29) is 5.78 Å². The Balaban J connectivity index is 2.22. The van der Waals surface area contributed by atoms with Crippen LogP contribution in [-0.2, 0) is 6.61 Å². The fourth-order valence-electron chi connectivity index (χ4n) is 2.08. The molecular weight excluding hydrogens is 264 g/mol. The molecule has 0 amide bonds. The first-order valence-electron chi connectivity index (χ1n) is 7.07. The molecule has 0 bridgehead atoms. The second-order valence-electron chi connectivity index (χ2n) is 4.87. The summed E-state index contributed by atoms with van der Waals surface area (Å²) in [6.07, 6.45) is 0. The number of rotatable bonds is 6. The molecule has 0 unspecified atom stereocenters. The minimum absolute atomic E-state index is 0.0372. The van der Waals surface area contributed by atoms with E-state index in [1.165, 1.54) is 0 Å². The van der Waals surface area contributed by atoms with Crippen molar-refractivity contribution in [2.45, 2.75) is 27.4 Å². The summed E-state index contributed by atoms with van der Waals surface area (Å²) in [5, 5.41) is 0. The summed E-state index contributed by atoms with van der Waals surface area (Å²) in [6.45, 7) is 6.45. The Hall–Kier alpha value is -2.29. The molecule has 0 heterocycles. The van der Waals surface area contributed by atoms with E-state index >= 15 is 0 Å². The van der Waals surface area contributed by atoms with Crippen molar-refractivity contribution < 1.29 is 14.3 Å². The summed E-state index contributed by atoms with van der Waals surface area (Å²) in [7, 11) is 0. The van der Waals surface area contributed by atoms with Crippen molar-refractivity contribution in [3.05, 3.63) is 59.2 Å². The fourth-order valence-corrected chi connectivity index (χ4v) is 2.08. The molecule has 2 aromatic rings. The minimum atomic E-state index is 0.0372. The van der Waals surface area contributed by atoms with Gasteiger partial charge in [0.15, 0.2) is 5.78 Å². The molecular formula is C18H20O3. The third-order valence-corrected chi connectivity index (χ3v) is 3.24. The van der Waals surface area contributed by atoms with E-state index in [0.29, 0.717) is 18.8 Å². The standard InChI is InChI=1S/C18H20O3/c1-4-20-18-10-9-15(14(3)19)11-16(18)12-21-17-8-6-5-7-13(17)2/h5-11H,4,12H2,1-3H3. The van der Waals surface area contributed by atoms with Crippen molar-refractivity contribution in [1.82, 2.24) is 0 Å². The van der Waals surface area contributed by atoms with Gasteiger partial charge >= 0.3 is 0 Å². The molecule has 21 heavy (non-hydrogen) atoms. The summed E-state index contributed by atoms with van der Waals surface area (Å²) in [5.74, 6) is 1.64. The van der Waals surface area contributed by atoms with Crippen molar-refractivity contribution in [3.63, 3.8) is 0 Å². The number of aryl methyl sites for hydroxylation is 1. The maximum absolute atomic E-state index is 11.5. The molecule has 0 saturated carbocycles. The van der Waals surface area contributed by atoms with Gasteiger partial charge in [0.1, 0.15) is 18.1 Å². The number of carbonyl (C=O) groups excluding carboxylic acids is 1.